The molecule has 0 fully saturated rings. The highest BCUT2D eigenvalue weighted by Gasteiger charge is 2.12. The van der Waals surface area contributed by atoms with E-state index in [9.17, 15) is 14.9 Å². The second kappa shape index (κ2) is 9.53. The molecule has 2 aromatic carbocycles. The molecule has 9 heteroatoms. The molecule has 1 amide bonds. The summed E-state index contributed by atoms with van der Waals surface area (Å²) >= 11 is 2.90. The molecular weight excluding hydrogens is 410 g/mol. The van der Waals surface area contributed by atoms with Gasteiger partial charge in [0.05, 0.1) is 22.2 Å². The van der Waals surface area contributed by atoms with Crippen LogP contribution in [0.1, 0.15) is 6.42 Å². The Labute approximate surface area is 175 Å². The van der Waals surface area contributed by atoms with Crippen molar-refractivity contribution in [2.45, 2.75) is 17.9 Å². The van der Waals surface area contributed by atoms with Crippen molar-refractivity contribution >= 4 is 44.9 Å². The Morgan fingerprint density at radius 1 is 1.34 bits per heavy atom. The highest BCUT2D eigenvalue weighted by atomic mass is 32.2. The van der Waals surface area contributed by atoms with E-state index in [-0.39, 0.29) is 11.6 Å². The van der Waals surface area contributed by atoms with Crippen LogP contribution >= 0.6 is 23.1 Å². The van der Waals surface area contributed by atoms with Crippen molar-refractivity contribution in [1.82, 2.24) is 4.57 Å². The first-order valence-corrected chi connectivity index (χ1v) is 10.5. The molecule has 29 heavy (non-hydrogen) atoms. The van der Waals surface area contributed by atoms with Gasteiger partial charge in [0, 0.05) is 35.7 Å². The van der Waals surface area contributed by atoms with Gasteiger partial charge in [-0.05, 0) is 30.3 Å². The van der Waals surface area contributed by atoms with Crippen molar-refractivity contribution in [3.8, 4) is 5.75 Å². The quantitative estimate of drug-likeness (QED) is 0.229. The number of allylic oxidation sites excluding steroid dienone is 1. The maximum Gasteiger partial charge on any atom is 0.271 e. The predicted octanol–water partition coefficient (Wildman–Crippen LogP) is 4.42. The lowest BCUT2D eigenvalue weighted by Gasteiger charge is -2.02. The smallest absolute Gasteiger partial charge is 0.271 e. The number of hydrogen-bond donors (Lipinski definition) is 0. The Bertz CT molecular complexity index is 1120. The van der Waals surface area contributed by atoms with E-state index in [1.54, 1.807) is 35.6 Å². The molecule has 0 saturated carbocycles. The molecule has 0 aliphatic carbocycles. The lowest BCUT2D eigenvalue weighted by atomic mass is 10.3. The van der Waals surface area contributed by atoms with Gasteiger partial charge in [0.25, 0.3) is 5.69 Å². The molecule has 0 saturated heterocycles. The van der Waals surface area contributed by atoms with Gasteiger partial charge in [0.2, 0.25) is 5.91 Å². The summed E-state index contributed by atoms with van der Waals surface area (Å²) < 4.78 is 7.73. The molecule has 3 aromatic rings. The SMILES string of the molecule is C=CCn1c(=NC(=O)CCSc2ccc(OC)cc2)sc2ccc([N+](=O)[O-])cc21. The Hall–Kier alpha value is -2.91. The van der Waals surface area contributed by atoms with Crippen LogP contribution in [-0.4, -0.2) is 28.3 Å². The van der Waals surface area contributed by atoms with E-state index in [1.807, 2.05) is 24.3 Å². The lowest BCUT2D eigenvalue weighted by molar-refractivity contribution is -0.384. The van der Waals surface area contributed by atoms with Crippen LogP contribution in [0, 0.1) is 10.1 Å². The number of aromatic nitrogens is 1. The average Bonchev–Trinajstić information content (AvgIpc) is 3.05. The molecular formula is C20H19N3O4S2. The van der Waals surface area contributed by atoms with Crippen LogP contribution < -0.4 is 9.54 Å². The van der Waals surface area contributed by atoms with Crippen LogP contribution in [0.2, 0.25) is 0 Å². The number of carbonyl (C=O) groups excluding carboxylic acids is 1. The van der Waals surface area contributed by atoms with Gasteiger partial charge in [-0.15, -0.1) is 18.3 Å². The van der Waals surface area contributed by atoms with E-state index in [4.69, 9.17) is 4.74 Å². The summed E-state index contributed by atoms with van der Waals surface area (Å²) in [4.78, 5) is 28.8. The number of amides is 1. The van der Waals surface area contributed by atoms with Crippen molar-refractivity contribution in [3.05, 3.63) is 70.0 Å². The van der Waals surface area contributed by atoms with Gasteiger partial charge in [0.15, 0.2) is 4.80 Å². The van der Waals surface area contributed by atoms with Crippen LogP contribution in [0.4, 0.5) is 5.69 Å². The number of thiazole rings is 1. The van der Waals surface area contributed by atoms with Crippen LogP contribution in [-0.2, 0) is 11.3 Å². The van der Waals surface area contributed by atoms with E-state index in [0.717, 1.165) is 15.3 Å². The van der Waals surface area contributed by atoms with E-state index in [0.29, 0.717) is 29.0 Å². The molecule has 0 atom stereocenters. The number of benzene rings is 2. The van der Waals surface area contributed by atoms with Crippen LogP contribution in [0.15, 0.2) is 65.0 Å². The monoisotopic (exact) mass is 429 g/mol. The third-order valence-electron chi connectivity index (χ3n) is 4.05. The first-order valence-electron chi connectivity index (χ1n) is 8.75. The van der Waals surface area contributed by atoms with Gasteiger partial charge < -0.3 is 9.30 Å². The minimum atomic E-state index is -0.437. The fourth-order valence-electron chi connectivity index (χ4n) is 2.65. The van der Waals surface area contributed by atoms with Gasteiger partial charge in [-0.25, -0.2) is 0 Å². The van der Waals surface area contributed by atoms with Crippen molar-refractivity contribution in [3.63, 3.8) is 0 Å². The second-order valence-corrected chi connectivity index (χ2v) is 8.15. The Kier molecular flexibility index (Phi) is 6.84. The van der Waals surface area contributed by atoms with Crippen LogP contribution in [0.5, 0.6) is 5.75 Å². The number of fused-ring (bicyclic) bond motifs is 1. The van der Waals surface area contributed by atoms with Crippen LogP contribution in [0.3, 0.4) is 0 Å². The summed E-state index contributed by atoms with van der Waals surface area (Å²) in [6.07, 6.45) is 1.97. The summed E-state index contributed by atoms with van der Waals surface area (Å²) in [6, 6.07) is 12.3. The number of non-ortho nitro benzene ring substituents is 1. The first-order chi connectivity index (χ1) is 14.0. The van der Waals surface area contributed by atoms with E-state index in [1.165, 1.54) is 23.5 Å². The maximum absolute atomic E-state index is 12.4. The average molecular weight is 430 g/mol. The Morgan fingerprint density at radius 3 is 2.76 bits per heavy atom. The number of hydrogen-bond acceptors (Lipinski definition) is 6. The lowest BCUT2D eigenvalue weighted by Crippen LogP contribution is -2.16. The molecule has 0 aliphatic rings. The highest BCUT2D eigenvalue weighted by Crippen LogP contribution is 2.24. The van der Waals surface area contributed by atoms with Crippen molar-refractivity contribution in [2.24, 2.45) is 4.99 Å². The molecule has 0 spiro atoms. The molecule has 1 heterocycles. The molecule has 3 rings (SSSR count). The van der Waals surface area contributed by atoms with Gasteiger partial charge in [-0.2, -0.15) is 4.99 Å². The minimum Gasteiger partial charge on any atom is -0.497 e. The molecule has 0 bridgehead atoms. The van der Waals surface area contributed by atoms with Crippen LogP contribution in [0.25, 0.3) is 10.2 Å². The van der Waals surface area contributed by atoms with Gasteiger partial charge in [-0.1, -0.05) is 17.4 Å². The second-order valence-electron chi connectivity index (χ2n) is 5.97. The number of thioether (sulfide) groups is 1. The molecule has 0 N–H and O–H groups in total. The number of nitro benzene ring substituents is 1. The number of nitrogens with zero attached hydrogens (tertiary/aromatic N) is 3. The Morgan fingerprint density at radius 2 is 2.10 bits per heavy atom. The van der Waals surface area contributed by atoms with E-state index >= 15 is 0 Å². The van der Waals surface area contributed by atoms with Crippen molar-refractivity contribution in [1.29, 1.82) is 0 Å². The number of methoxy groups -OCH3 is 1. The number of ether oxygens (including phenoxy) is 1. The summed E-state index contributed by atoms with van der Waals surface area (Å²) in [5, 5.41) is 11.1. The van der Waals surface area contributed by atoms with Gasteiger partial charge in [0.1, 0.15) is 5.75 Å². The molecule has 7 nitrogen and oxygen atoms in total. The van der Waals surface area contributed by atoms with Crippen molar-refractivity contribution < 1.29 is 14.5 Å². The molecule has 0 unspecified atom stereocenters. The van der Waals surface area contributed by atoms with Crippen molar-refractivity contribution in [2.75, 3.05) is 12.9 Å². The molecule has 0 radical (unpaired) electrons. The maximum atomic E-state index is 12.4. The number of carbonyl (C=O) groups is 1. The highest BCUT2D eigenvalue weighted by molar-refractivity contribution is 7.99. The number of nitro groups is 1. The zero-order chi connectivity index (χ0) is 20.8. The van der Waals surface area contributed by atoms with E-state index < -0.39 is 4.92 Å². The summed E-state index contributed by atoms with van der Waals surface area (Å²) in [6.45, 7) is 4.14. The Balaban J connectivity index is 1.76. The molecule has 150 valence electrons. The fourth-order valence-corrected chi connectivity index (χ4v) is 4.53. The normalized spacial score (nSPS) is 11.6. The topological polar surface area (TPSA) is 86.7 Å². The first kappa shape index (κ1) is 20.8. The zero-order valence-corrected chi connectivity index (χ0v) is 17.4. The van der Waals surface area contributed by atoms with Gasteiger partial charge >= 0.3 is 0 Å². The molecule has 0 aliphatic heterocycles. The zero-order valence-electron chi connectivity index (χ0n) is 15.7. The fraction of sp³-hybridized carbons (Fsp3) is 0.200. The minimum absolute atomic E-state index is 0.00174. The summed E-state index contributed by atoms with van der Waals surface area (Å²) in [5.74, 6) is 1.16. The van der Waals surface area contributed by atoms with E-state index in [2.05, 4.69) is 11.6 Å². The summed E-state index contributed by atoms with van der Waals surface area (Å²) in [5.41, 5.74) is 0.671. The third-order valence-corrected chi connectivity index (χ3v) is 6.13. The van der Waals surface area contributed by atoms with Gasteiger partial charge in [-0.3, -0.25) is 14.9 Å². The number of rotatable bonds is 8. The molecule has 1 aromatic heterocycles. The standard InChI is InChI=1S/C20H19N3O4S2/c1-3-11-22-17-13-14(23(25)26)4-9-18(17)29-20(22)21-19(24)10-12-28-16-7-5-15(27-2)6-8-16/h3-9,13H,1,10-12H2,2H3. The summed E-state index contributed by atoms with van der Waals surface area (Å²) in [7, 11) is 1.62. The third kappa shape index (κ3) is 5.12. The largest absolute Gasteiger partial charge is 0.497 e. The predicted molar refractivity (Wildman–Crippen MR) is 116 cm³/mol.